The summed E-state index contributed by atoms with van der Waals surface area (Å²) in [4.78, 5) is 12.3. The lowest BCUT2D eigenvalue weighted by Gasteiger charge is -2.28. The quantitative estimate of drug-likeness (QED) is 0.684. The van der Waals surface area contributed by atoms with Gasteiger partial charge >= 0.3 is 0 Å². The van der Waals surface area contributed by atoms with Crippen LogP contribution in [-0.2, 0) is 14.6 Å². The minimum Gasteiger partial charge on any atom is -0.375 e. The number of halogens is 4. The first-order chi connectivity index (χ1) is 14.1. The van der Waals surface area contributed by atoms with Gasteiger partial charge in [0, 0.05) is 23.4 Å². The maximum absolute atomic E-state index is 13.4. The number of anilines is 1. The number of sulfone groups is 1. The van der Waals surface area contributed by atoms with Crippen molar-refractivity contribution in [1.82, 2.24) is 0 Å². The average Bonchev–Trinajstić information content (AvgIpc) is 3.03. The van der Waals surface area contributed by atoms with Crippen LogP contribution < -0.4 is 5.32 Å². The molecule has 2 atom stereocenters. The van der Waals surface area contributed by atoms with E-state index in [1.807, 2.05) is 0 Å². The van der Waals surface area contributed by atoms with Gasteiger partial charge in [0.15, 0.2) is 27.3 Å². The van der Waals surface area contributed by atoms with E-state index >= 15 is 0 Å². The van der Waals surface area contributed by atoms with Crippen molar-refractivity contribution in [3.05, 3.63) is 58.4 Å². The Bertz CT molecular complexity index is 1090. The molecule has 0 aromatic heterocycles. The van der Waals surface area contributed by atoms with Crippen molar-refractivity contribution in [2.24, 2.45) is 0 Å². The number of amides is 1. The Morgan fingerprint density at radius 3 is 2.23 bits per heavy atom. The number of fused-ring (bicyclic) bond motifs is 2. The predicted octanol–water partition coefficient (Wildman–Crippen LogP) is 4.49. The van der Waals surface area contributed by atoms with E-state index in [0.717, 1.165) is 18.9 Å². The molecule has 2 unspecified atom stereocenters. The molecule has 30 heavy (non-hydrogen) atoms. The van der Waals surface area contributed by atoms with Crippen LogP contribution in [-0.4, -0.2) is 31.8 Å². The highest BCUT2D eigenvalue weighted by Crippen LogP contribution is 2.39. The van der Waals surface area contributed by atoms with Crippen LogP contribution in [0.15, 0.2) is 35.2 Å². The van der Waals surface area contributed by atoms with Crippen LogP contribution in [0, 0.1) is 17.5 Å². The van der Waals surface area contributed by atoms with Gasteiger partial charge in [-0.15, -0.1) is 0 Å². The molecule has 2 heterocycles. The number of rotatable bonds is 4. The Balaban J connectivity index is 1.61. The number of hydrogen-bond donors (Lipinski definition) is 1. The van der Waals surface area contributed by atoms with Gasteiger partial charge in [-0.1, -0.05) is 11.6 Å². The smallest absolute Gasteiger partial charge is 0.255 e. The molecule has 10 heteroatoms. The van der Waals surface area contributed by atoms with Gasteiger partial charge in [0.05, 0.1) is 27.4 Å². The maximum Gasteiger partial charge on any atom is 0.255 e. The summed E-state index contributed by atoms with van der Waals surface area (Å²) in [5.41, 5.74) is -0.380. The van der Waals surface area contributed by atoms with Gasteiger partial charge in [0.2, 0.25) is 0 Å². The van der Waals surface area contributed by atoms with Gasteiger partial charge in [-0.2, -0.15) is 0 Å². The third-order valence-electron chi connectivity index (χ3n) is 5.43. The zero-order chi connectivity index (χ0) is 21.6. The Morgan fingerprint density at radius 2 is 1.63 bits per heavy atom. The Labute approximate surface area is 176 Å². The molecule has 2 saturated heterocycles. The average molecular weight is 460 g/mol. The SMILES string of the molecule is O=C(Nc1cc(F)c(F)c(F)c1)c1ccc(Cl)c(S(=O)(=O)C2CC3CCC(C2)O3)c1. The summed E-state index contributed by atoms with van der Waals surface area (Å²) in [6.07, 6.45) is 2.16. The molecule has 0 saturated carbocycles. The largest absolute Gasteiger partial charge is 0.375 e. The second kappa shape index (κ2) is 7.86. The van der Waals surface area contributed by atoms with Crippen LogP contribution in [0.25, 0.3) is 0 Å². The van der Waals surface area contributed by atoms with Crippen LogP contribution in [0.3, 0.4) is 0 Å². The van der Waals surface area contributed by atoms with Crippen molar-refractivity contribution >= 4 is 33.0 Å². The summed E-state index contributed by atoms with van der Waals surface area (Å²) < 4.78 is 71.9. The third-order valence-corrected chi connectivity index (χ3v) is 8.08. The topological polar surface area (TPSA) is 72.5 Å². The molecule has 2 aliphatic rings. The summed E-state index contributed by atoms with van der Waals surface area (Å²) in [6.45, 7) is 0. The highest BCUT2D eigenvalue weighted by molar-refractivity contribution is 7.92. The Morgan fingerprint density at radius 1 is 1.03 bits per heavy atom. The van der Waals surface area contributed by atoms with E-state index in [9.17, 15) is 26.4 Å². The molecule has 1 N–H and O–H groups in total. The minimum atomic E-state index is -3.83. The van der Waals surface area contributed by atoms with Gasteiger partial charge in [0.1, 0.15) is 0 Å². The molecule has 2 aliphatic heterocycles. The zero-order valence-corrected chi connectivity index (χ0v) is 17.1. The maximum atomic E-state index is 13.4. The lowest BCUT2D eigenvalue weighted by Crippen LogP contribution is -2.34. The van der Waals surface area contributed by atoms with Crippen LogP contribution in [0.5, 0.6) is 0 Å². The number of ether oxygens (including phenoxy) is 1. The second-order valence-electron chi connectivity index (χ2n) is 7.45. The van der Waals surface area contributed by atoms with Crippen LogP contribution in [0.4, 0.5) is 18.9 Å². The number of hydrogen-bond acceptors (Lipinski definition) is 4. The van der Waals surface area contributed by atoms with Gasteiger partial charge in [-0.3, -0.25) is 4.79 Å². The standard InChI is InChI=1S/C20H17ClF3NO4S/c21-15-4-1-10(20(26)25-11-6-16(22)19(24)17(23)7-11)5-18(15)30(27,28)14-8-12-2-3-13(9-14)29-12/h1,4-7,12-14H,2-3,8-9H2,(H,25,26). The number of carbonyl (C=O) groups excluding carboxylic acids is 1. The third kappa shape index (κ3) is 3.93. The fraction of sp³-hybridized carbons (Fsp3) is 0.350. The van der Waals surface area contributed by atoms with Gasteiger partial charge in [0.25, 0.3) is 5.91 Å². The van der Waals surface area contributed by atoms with Gasteiger partial charge < -0.3 is 10.1 Å². The van der Waals surface area contributed by atoms with Crippen molar-refractivity contribution in [2.45, 2.75) is 48.0 Å². The molecule has 5 nitrogen and oxygen atoms in total. The Hall–Kier alpha value is -2.10. The normalized spacial score (nSPS) is 23.4. The van der Waals surface area contributed by atoms with Crippen LogP contribution >= 0.6 is 11.6 Å². The van der Waals surface area contributed by atoms with Crippen molar-refractivity contribution < 1.29 is 31.1 Å². The molecule has 2 aromatic carbocycles. The van der Waals surface area contributed by atoms with E-state index in [0.29, 0.717) is 25.0 Å². The van der Waals surface area contributed by atoms with Crippen LogP contribution in [0.1, 0.15) is 36.0 Å². The predicted molar refractivity (Wildman–Crippen MR) is 104 cm³/mol. The first kappa shape index (κ1) is 21.1. The van der Waals surface area contributed by atoms with E-state index in [1.54, 1.807) is 0 Å². The van der Waals surface area contributed by atoms with E-state index in [-0.39, 0.29) is 33.4 Å². The van der Waals surface area contributed by atoms with Crippen molar-refractivity contribution in [3.63, 3.8) is 0 Å². The van der Waals surface area contributed by atoms with Crippen molar-refractivity contribution in [1.29, 1.82) is 0 Å². The summed E-state index contributed by atoms with van der Waals surface area (Å²) >= 11 is 6.13. The molecule has 2 aromatic rings. The monoisotopic (exact) mass is 459 g/mol. The lowest BCUT2D eigenvalue weighted by molar-refractivity contribution is 0.00738. The fourth-order valence-corrected chi connectivity index (χ4v) is 6.30. The van der Waals surface area contributed by atoms with Crippen molar-refractivity contribution in [3.8, 4) is 0 Å². The van der Waals surface area contributed by atoms with E-state index in [4.69, 9.17) is 16.3 Å². The molecule has 160 valence electrons. The van der Waals surface area contributed by atoms with Crippen molar-refractivity contribution in [2.75, 3.05) is 5.32 Å². The highest BCUT2D eigenvalue weighted by atomic mass is 35.5. The fourth-order valence-electron chi connectivity index (χ4n) is 3.94. The first-order valence-electron chi connectivity index (χ1n) is 9.30. The summed E-state index contributed by atoms with van der Waals surface area (Å²) in [5.74, 6) is -5.39. The molecule has 1 amide bonds. The molecular weight excluding hydrogens is 443 g/mol. The second-order valence-corrected chi connectivity index (χ2v) is 10.1. The minimum absolute atomic E-state index is 0.0238. The molecule has 4 rings (SSSR count). The summed E-state index contributed by atoms with van der Waals surface area (Å²) in [5, 5.41) is 1.53. The number of carbonyl (C=O) groups is 1. The lowest BCUT2D eigenvalue weighted by atomic mass is 10.1. The summed E-state index contributed by atoms with van der Waals surface area (Å²) in [7, 11) is -3.83. The first-order valence-corrected chi connectivity index (χ1v) is 11.2. The molecule has 0 spiro atoms. The molecule has 2 bridgehead atoms. The van der Waals surface area contributed by atoms with E-state index in [1.165, 1.54) is 12.1 Å². The molecule has 2 fully saturated rings. The molecule has 0 radical (unpaired) electrons. The van der Waals surface area contributed by atoms with Gasteiger partial charge in [-0.05, 0) is 43.9 Å². The molecular formula is C20H17ClF3NO4S. The van der Waals surface area contributed by atoms with E-state index in [2.05, 4.69) is 5.32 Å². The van der Waals surface area contributed by atoms with E-state index < -0.39 is 38.4 Å². The number of benzene rings is 2. The zero-order valence-electron chi connectivity index (χ0n) is 15.5. The molecule has 0 aliphatic carbocycles. The summed E-state index contributed by atoms with van der Waals surface area (Å²) in [6, 6.07) is 4.97. The number of nitrogens with one attached hydrogen (secondary N) is 1. The Kier molecular flexibility index (Phi) is 5.54. The highest BCUT2D eigenvalue weighted by Gasteiger charge is 2.42. The van der Waals surface area contributed by atoms with Gasteiger partial charge in [-0.25, -0.2) is 21.6 Å². The van der Waals surface area contributed by atoms with Crippen LogP contribution in [0.2, 0.25) is 5.02 Å².